The van der Waals surface area contributed by atoms with Gasteiger partial charge in [-0.3, -0.25) is 9.80 Å². The average Bonchev–Trinajstić information content (AvgIpc) is 3.20. The van der Waals surface area contributed by atoms with Crippen molar-refractivity contribution in [1.82, 2.24) is 14.4 Å². The zero-order chi connectivity index (χ0) is 26.7. The van der Waals surface area contributed by atoms with Gasteiger partial charge in [0.2, 0.25) is 0 Å². The zero-order valence-corrected chi connectivity index (χ0v) is 22.6. The number of carbonyl (C=O) groups is 2. The van der Waals surface area contributed by atoms with E-state index >= 15 is 0 Å². The monoisotopic (exact) mass is 505 g/mol. The van der Waals surface area contributed by atoms with E-state index in [1.54, 1.807) is 6.07 Å². The molecule has 2 atom stereocenters. The number of hydrogen-bond donors (Lipinski definition) is 1. The van der Waals surface area contributed by atoms with Crippen LogP contribution >= 0.6 is 0 Å². The predicted octanol–water partition coefficient (Wildman–Crippen LogP) is 5.86. The number of carboxylic acid groups (broad SMARTS) is 1. The average molecular weight is 506 g/mol. The highest BCUT2D eigenvalue weighted by molar-refractivity contribution is 6.01. The van der Waals surface area contributed by atoms with Crippen LogP contribution in [0.3, 0.4) is 0 Å². The molecule has 1 aromatic heterocycles. The summed E-state index contributed by atoms with van der Waals surface area (Å²) in [4.78, 5) is 29.8. The lowest BCUT2D eigenvalue weighted by molar-refractivity contribution is 0.0290. The second-order valence-corrected chi connectivity index (χ2v) is 11.5. The number of aromatic nitrogens is 1. The zero-order valence-electron chi connectivity index (χ0n) is 22.6. The van der Waals surface area contributed by atoms with Crippen LogP contribution in [0.1, 0.15) is 62.7 Å². The van der Waals surface area contributed by atoms with Gasteiger partial charge in [-0.15, -0.1) is 0 Å². The number of benzene rings is 2. The van der Waals surface area contributed by atoms with Crippen molar-refractivity contribution in [2.45, 2.75) is 66.2 Å². The Morgan fingerprint density at radius 1 is 0.946 bits per heavy atom. The molecule has 0 unspecified atom stereocenters. The number of carbonyl (C=O) groups excluding carboxylic acids is 1. The summed E-state index contributed by atoms with van der Waals surface area (Å²) in [5.41, 5.74) is 2.92. The standard InChI is InChI=1S/C30H39N3O4/c1-21-17-31(18-22(2)32(21)20-23-9-7-6-8-10-23)19-24-11-12-26-25(15-24)16-27(28(34)35)33(26)29(36)37-14-13-30(3,4)5/h6-12,15-16,21-22H,13-14,17-20H2,1-5H3,(H,34,35)/t21-,22+. The van der Waals surface area contributed by atoms with Gasteiger partial charge < -0.3 is 9.84 Å². The number of nitrogens with zero attached hydrogens (tertiary/aromatic N) is 3. The van der Waals surface area contributed by atoms with Gasteiger partial charge in [-0.1, -0.05) is 57.2 Å². The second-order valence-electron chi connectivity index (χ2n) is 11.5. The Morgan fingerprint density at radius 2 is 1.62 bits per heavy atom. The van der Waals surface area contributed by atoms with E-state index in [9.17, 15) is 14.7 Å². The minimum absolute atomic E-state index is 0.0194. The molecule has 4 rings (SSSR count). The normalized spacial score (nSPS) is 19.3. The van der Waals surface area contributed by atoms with Crippen LogP contribution in [0.2, 0.25) is 0 Å². The van der Waals surface area contributed by atoms with Crippen LogP contribution in [0, 0.1) is 5.41 Å². The van der Waals surface area contributed by atoms with Crippen molar-refractivity contribution >= 4 is 23.0 Å². The Bertz CT molecular complexity index is 1230. The van der Waals surface area contributed by atoms with E-state index in [0.717, 1.165) is 37.1 Å². The van der Waals surface area contributed by atoms with Crippen LogP contribution in [0.25, 0.3) is 10.9 Å². The number of aromatic carboxylic acids is 1. The van der Waals surface area contributed by atoms with Gasteiger partial charge in [-0.05, 0) is 55.0 Å². The highest BCUT2D eigenvalue weighted by Crippen LogP contribution is 2.26. The van der Waals surface area contributed by atoms with Crippen LogP contribution in [-0.4, -0.2) is 63.3 Å². The number of fused-ring (bicyclic) bond motifs is 1. The Morgan fingerprint density at radius 3 is 2.24 bits per heavy atom. The van der Waals surface area contributed by atoms with Gasteiger partial charge in [-0.25, -0.2) is 14.2 Å². The quantitative estimate of drug-likeness (QED) is 0.434. The summed E-state index contributed by atoms with van der Waals surface area (Å²) in [7, 11) is 0. The topological polar surface area (TPSA) is 75.0 Å². The number of piperazine rings is 1. The predicted molar refractivity (Wildman–Crippen MR) is 146 cm³/mol. The lowest BCUT2D eigenvalue weighted by Crippen LogP contribution is -2.55. The Kier molecular flexibility index (Phi) is 8.05. The number of ether oxygens (including phenoxy) is 1. The Labute approximate surface area is 219 Å². The maximum atomic E-state index is 12.8. The van der Waals surface area contributed by atoms with Crippen molar-refractivity contribution in [1.29, 1.82) is 0 Å². The van der Waals surface area contributed by atoms with Crippen LogP contribution in [0.15, 0.2) is 54.6 Å². The van der Waals surface area contributed by atoms with E-state index < -0.39 is 12.1 Å². The van der Waals surface area contributed by atoms with Gasteiger partial charge in [0.1, 0.15) is 5.69 Å². The maximum Gasteiger partial charge on any atom is 0.419 e. The van der Waals surface area contributed by atoms with Gasteiger partial charge in [-0.2, -0.15) is 0 Å². The van der Waals surface area contributed by atoms with E-state index in [-0.39, 0.29) is 17.7 Å². The van der Waals surface area contributed by atoms with Crippen molar-refractivity contribution in [3.05, 3.63) is 71.4 Å². The smallest absolute Gasteiger partial charge is 0.419 e. The molecule has 3 aromatic rings. The molecule has 7 heteroatoms. The number of hydrogen-bond acceptors (Lipinski definition) is 5. The third kappa shape index (κ3) is 6.59. The molecule has 0 radical (unpaired) electrons. The third-order valence-electron chi connectivity index (χ3n) is 7.14. The summed E-state index contributed by atoms with van der Waals surface area (Å²) < 4.78 is 6.61. The molecule has 0 saturated carbocycles. The molecular formula is C30H39N3O4. The van der Waals surface area contributed by atoms with Gasteiger partial charge in [0.25, 0.3) is 0 Å². The molecule has 2 aromatic carbocycles. The molecule has 0 bridgehead atoms. The maximum absolute atomic E-state index is 12.8. The fraction of sp³-hybridized carbons (Fsp3) is 0.467. The molecule has 7 nitrogen and oxygen atoms in total. The summed E-state index contributed by atoms with van der Waals surface area (Å²) >= 11 is 0. The molecular weight excluding hydrogens is 466 g/mol. The molecule has 1 aliphatic rings. The van der Waals surface area contributed by atoms with Gasteiger partial charge in [0.15, 0.2) is 0 Å². The Balaban J connectivity index is 1.47. The molecule has 37 heavy (non-hydrogen) atoms. The lowest BCUT2D eigenvalue weighted by atomic mass is 9.93. The molecule has 0 amide bonds. The fourth-order valence-electron chi connectivity index (χ4n) is 5.19. The summed E-state index contributed by atoms with van der Waals surface area (Å²) in [6.45, 7) is 14.6. The van der Waals surface area contributed by atoms with Crippen molar-refractivity contribution in [3.8, 4) is 0 Å². The first-order valence-electron chi connectivity index (χ1n) is 13.1. The van der Waals surface area contributed by atoms with Crippen molar-refractivity contribution in [2.75, 3.05) is 19.7 Å². The number of carboxylic acids is 1. The molecule has 0 aliphatic carbocycles. The van der Waals surface area contributed by atoms with Gasteiger partial charge in [0.05, 0.1) is 12.1 Å². The summed E-state index contributed by atoms with van der Waals surface area (Å²) in [5, 5.41) is 10.5. The van der Waals surface area contributed by atoms with E-state index in [4.69, 9.17) is 4.74 Å². The summed E-state index contributed by atoms with van der Waals surface area (Å²) in [6.07, 6.45) is 0.0431. The fourth-order valence-corrected chi connectivity index (χ4v) is 5.19. The minimum atomic E-state index is -1.15. The first kappa shape index (κ1) is 26.9. The van der Waals surface area contributed by atoms with Gasteiger partial charge in [0, 0.05) is 43.6 Å². The highest BCUT2D eigenvalue weighted by atomic mass is 16.5. The molecule has 1 fully saturated rings. The van der Waals surface area contributed by atoms with Crippen LogP contribution in [0.5, 0.6) is 0 Å². The van der Waals surface area contributed by atoms with Crippen molar-refractivity contribution in [3.63, 3.8) is 0 Å². The SMILES string of the molecule is C[C@@H]1CN(Cc2ccc3c(c2)cc(C(=O)O)n3C(=O)OCCC(C)(C)C)C[C@H](C)N1Cc1ccccc1. The first-order chi connectivity index (χ1) is 17.5. The van der Waals surface area contributed by atoms with Crippen molar-refractivity contribution in [2.24, 2.45) is 5.41 Å². The largest absolute Gasteiger partial charge is 0.477 e. The second kappa shape index (κ2) is 11.1. The van der Waals surface area contributed by atoms with Crippen LogP contribution in [0.4, 0.5) is 4.79 Å². The van der Waals surface area contributed by atoms with E-state index in [0.29, 0.717) is 24.0 Å². The molecule has 198 valence electrons. The van der Waals surface area contributed by atoms with E-state index in [2.05, 4.69) is 74.8 Å². The highest BCUT2D eigenvalue weighted by Gasteiger charge is 2.29. The third-order valence-corrected chi connectivity index (χ3v) is 7.14. The Hall–Kier alpha value is -3.16. The van der Waals surface area contributed by atoms with E-state index in [1.807, 2.05) is 18.2 Å². The summed E-state index contributed by atoms with van der Waals surface area (Å²) in [5.74, 6) is -1.15. The molecule has 2 heterocycles. The minimum Gasteiger partial charge on any atom is -0.477 e. The first-order valence-corrected chi connectivity index (χ1v) is 13.1. The van der Waals surface area contributed by atoms with Gasteiger partial charge >= 0.3 is 12.1 Å². The summed E-state index contributed by atoms with van der Waals surface area (Å²) in [6, 6.07) is 18.8. The molecule has 1 saturated heterocycles. The van der Waals surface area contributed by atoms with Crippen molar-refractivity contribution < 1.29 is 19.4 Å². The van der Waals surface area contributed by atoms with E-state index in [1.165, 1.54) is 10.1 Å². The molecule has 1 N–H and O–H groups in total. The number of rotatable bonds is 7. The lowest BCUT2D eigenvalue weighted by Gasteiger charge is -2.44. The molecule has 0 spiro atoms. The van der Waals surface area contributed by atoms with Crippen LogP contribution in [-0.2, 0) is 17.8 Å². The van der Waals surface area contributed by atoms with Crippen LogP contribution < -0.4 is 0 Å². The molecule has 1 aliphatic heterocycles.